The summed E-state index contributed by atoms with van der Waals surface area (Å²) < 4.78 is 22.0. The maximum absolute atomic E-state index is 14.2. The van der Waals surface area contributed by atoms with Gasteiger partial charge in [-0.1, -0.05) is 0 Å². The minimum absolute atomic E-state index is 0.104. The molecule has 0 atom stereocenters. The summed E-state index contributed by atoms with van der Waals surface area (Å²) in [5.41, 5.74) is 1.40. The maximum atomic E-state index is 14.2. The van der Waals surface area contributed by atoms with Gasteiger partial charge in [0.25, 0.3) is 11.5 Å². The monoisotopic (exact) mass is 474 g/mol. The molecule has 10 heteroatoms. The highest BCUT2D eigenvalue weighted by Gasteiger charge is 2.33. The van der Waals surface area contributed by atoms with Crippen LogP contribution in [0.15, 0.2) is 34.0 Å². The van der Waals surface area contributed by atoms with Crippen LogP contribution in [-0.4, -0.2) is 39.3 Å². The van der Waals surface area contributed by atoms with Gasteiger partial charge in [-0.2, -0.15) is 0 Å². The Morgan fingerprint density at radius 2 is 2.04 bits per heavy atom. The van der Waals surface area contributed by atoms with Crippen molar-refractivity contribution in [1.82, 2.24) is 14.1 Å². The van der Waals surface area contributed by atoms with E-state index in [0.717, 1.165) is 9.13 Å². The fourth-order valence-corrected chi connectivity index (χ4v) is 2.93. The summed E-state index contributed by atoms with van der Waals surface area (Å²) in [4.78, 5) is 37.1. The third-order valence-electron chi connectivity index (χ3n) is 4.05. The number of carbonyl (C=O) groups excluding carboxylic acids is 1. The van der Waals surface area contributed by atoms with Gasteiger partial charge in [-0.15, -0.1) is 0 Å². The van der Waals surface area contributed by atoms with E-state index < -0.39 is 23.0 Å². The molecule has 2 aromatic rings. The zero-order chi connectivity index (χ0) is 19.0. The van der Waals surface area contributed by atoms with E-state index in [4.69, 9.17) is 4.74 Å². The number of carbonyl (C=O) groups is 1. The number of ether oxygens (including phenoxy) is 1. The molecule has 0 unspecified atom stereocenters. The van der Waals surface area contributed by atoms with E-state index >= 15 is 0 Å². The molecule has 1 amide bonds. The van der Waals surface area contributed by atoms with E-state index in [9.17, 15) is 18.8 Å². The number of halogens is 2. The molecule has 1 aliphatic rings. The predicted molar refractivity (Wildman–Crippen MR) is 100 cm³/mol. The van der Waals surface area contributed by atoms with Crippen LogP contribution in [0, 0.1) is 9.39 Å². The highest BCUT2D eigenvalue weighted by molar-refractivity contribution is 14.1. The van der Waals surface area contributed by atoms with Gasteiger partial charge in [0.05, 0.1) is 18.9 Å². The molecule has 8 nitrogen and oxygen atoms in total. The van der Waals surface area contributed by atoms with Crippen molar-refractivity contribution in [3.63, 3.8) is 0 Å². The zero-order valence-corrected chi connectivity index (χ0v) is 16.2. The number of aromatic nitrogens is 2. The number of nitrogens with zero attached hydrogens (tertiary/aromatic N) is 3. The van der Waals surface area contributed by atoms with Crippen molar-refractivity contribution in [3.05, 3.63) is 60.2 Å². The molecule has 1 aliphatic heterocycles. The van der Waals surface area contributed by atoms with Crippen molar-refractivity contribution in [2.75, 3.05) is 18.6 Å². The molecule has 0 radical (unpaired) electrons. The van der Waals surface area contributed by atoms with Crippen molar-refractivity contribution in [2.45, 2.75) is 6.04 Å². The van der Waals surface area contributed by atoms with E-state index in [1.807, 2.05) is 22.6 Å². The van der Waals surface area contributed by atoms with E-state index in [1.165, 1.54) is 37.4 Å². The molecule has 0 bridgehead atoms. The third kappa shape index (κ3) is 3.38. The Balaban J connectivity index is 2.00. The van der Waals surface area contributed by atoms with E-state index in [2.05, 4.69) is 5.43 Å². The van der Waals surface area contributed by atoms with Crippen LogP contribution in [0.5, 0.6) is 0 Å². The molecule has 1 fully saturated rings. The second-order valence-corrected chi connectivity index (χ2v) is 7.15. The number of amides is 1. The Labute approximate surface area is 161 Å². The van der Waals surface area contributed by atoms with Gasteiger partial charge in [-0.05, 0) is 40.8 Å². The van der Waals surface area contributed by atoms with Crippen LogP contribution in [-0.2, 0) is 18.8 Å². The Morgan fingerprint density at radius 3 is 2.62 bits per heavy atom. The van der Waals surface area contributed by atoms with Gasteiger partial charge in [-0.3, -0.25) is 19.6 Å². The average molecular weight is 474 g/mol. The van der Waals surface area contributed by atoms with Crippen molar-refractivity contribution >= 4 is 34.2 Å². The quantitative estimate of drug-likeness (QED) is 0.521. The molecule has 2 heterocycles. The smallest absolute Gasteiger partial charge is 0.330 e. The second-order valence-electron chi connectivity index (χ2n) is 5.90. The first-order chi connectivity index (χ1) is 12.3. The molecule has 1 aromatic heterocycles. The fraction of sp³-hybridized carbons (Fsp3) is 0.312. The lowest BCUT2D eigenvalue weighted by molar-refractivity contribution is -0.0472. The van der Waals surface area contributed by atoms with Crippen molar-refractivity contribution in [2.24, 2.45) is 14.1 Å². The summed E-state index contributed by atoms with van der Waals surface area (Å²) >= 11 is 1.98. The van der Waals surface area contributed by atoms with Gasteiger partial charge in [0.15, 0.2) is 0 Å². The Kier molecular flexibility index (Phi) is 5.14. The lowest BCUT2D eigenvalue weighted by Crippen LogP contribution is -2.56. The SMILES string of the molecule is Cn1cc(C(=O)N(Nc2ccc(I)cc2F)C2COC2)c(=O)n(C)c1=O. The van der Waals surface area contributed by atoms with Crippen molar-refractivity contribution < 1.29 is 13.9 Å². The molecule has 1 N–H and O–H groups in total. The largest absolute Gasteiger partial charge is 0.377 e. The minimum Gasteiger partial charge on any atom is -0.377 e. The topological polar surface area (TPSA) is 85.6 Å². The van der Waals surface area contributed by atoms with Crippen LogP contribution in [0.4, 0.5) is 10.1 Å². The number of hydrogen-bond donors (Lipinski definition) is 1. The Bertz CT molecular complexity index is 983. The molecule has 0 saturated carbocycles. The third-order valence-corrected chi connectivity index (χ3v) is 4.72. The van der Waals surface area contributed by atoms with Crippen molar-refractivity contribution in [1.29, 1.82) is 0 Å². The number of aryl methyl sites for hydroxylation is 1. The molecule has 3 rings (SSSR count). The summed E-state index contributed by atoms with van der Waals surface area (Å²) in [6.07, 6.45) is 1.19. The molecule has 138 valence electrons. The number of hydrazine groups is 1. The Morgan fingerprint density at radius 1 is 1.35 bits per heavy atom. The van der Waals surface area contributed by atoms with Crippen LogP contribution in [0.3, 0.4) is 0 Å². The van der Waals surface area contributed by atoms with Crippen LogP contribution in [0.2, 0.25) is 0 Å². The first kappa shape index (κ1) is 18.6. The highest BCUT2D eigenvalue weighted by Crippen LogP contribution is 2.21. The van der Waals surface area contributed by atoms with Crippen LogP contribution >= 0.6 is 22.6 Å². The number of nitrogens with one attached hydrogen (secondary N) is 1. The normalized spacial score (nSPS) is 14.0. The van der Waals surface area contributed by atoms with Gasteiger partial charge >= 0.3 is 5.69 Å². The van der Waals surface area contributed by atoms with Gasteiger partial charge in [0.1, 0.15) is 17.4 Å². The highest BCUT2D eigenvalue weighted by atomic mass is 127. The summed E-state index contributed by atoms with van der Waals surface area (Å²) in [5.74, 6) is -1.18. The molecule has 1 aromatic carbocycles. The molecular weight excluding hydrogens is 458 g/mol. The predicted octanol–water partition coefficient (Wildman–Crippen LogP) is 0.696. The lowest BCUT2D eigenvalue weighted by atomic mass is 10.2. The zero-order valence-electron chi connectivity index (χ0n) is 14.0. The number of anilines is 1. The summed E-state index contributed by atoms with van der Waals surface area (Å²) in [7, 11) is 2.74. The van der Waals surface area contributed by atoms with E-state index in [0.29, 0.717) is 3.57 Å². The first-order valence-electron chi connectivity index (χ1n) is 7.69. The molecular formula is C16H16FIN4O4. The summed E-state index contributed by atoms with van der Waals surface area (Å²) in [5, 5.41) is 1.18. The van der Waals surface area contributed by atoms with Crippen molar-refractivity contribution in [3.8, 4) is 0 Å². The van der Waals surface area contributed by atoms with Gasteiger partial charge in [-0.25, -0.2) is 14.2 Å². The molecule has 0 spiro atoms. The fourth-order valence-electron chi connectivity index (χ4n) is 2.47. The lowest BCUT2D eigenvalue weighted by Gasteiger charge is -2.37. The maximum Gasteiger partial charge on any atom is 0.330 e. The summed E-state index contributed by atoms with van der Waals surface area (Å²) in [6, 6.07) is 4.17. The van der Waals surface area contributed by atoms with Gasteiger partial charge < -0.3 is 9.30 Å². The number of rotatable bonds is 4. The molecule has 1 saturated heterocycles. The van der Waals surface area contributed by atoms with Gasteiger partial charge in [0, 0.05) is 23.9 Å². The summed E-state index contributed by atoms with van der Waals surface area (Å²) in [6.45, 7) is 0.521. The Hall–Kier alpha value is -2.21. The molecule has 26 heavy (non-hydrogen) atoms. The van der Waals surface area contributed by atoms with E-state index in [-0.39, 0.29) is 30.5 Å². The van der Waals surface area contributed by atoms with Crippen LogP contribution < -0.4 is 16.7 Å². The van der Waals surface area contributed by atoms with Crippen LogP contribution in [0.25, 0.3) is 0 Å². The van der Waals surface area contributed by atoms with Crippen LogP contribution in [0.1, 0.15) is 10.4 Å². The second kappa shape index (κ2) is 7.19. The standard InChI is InChI=1S/C16H16FIN4O4/c1-20-6-11(14(23)21(2)16(20)25)15(24)22(10-7-26-8-10)19-13-4-3-9(18)5-12(13)17/h3-6,10,19H,7-8H2,1-2H3. The molecule has 0 aliphatic carbocycles. The first-order valence-corrected chi connectivity index (χ1v) is 8.77. The minimum atomic E-state index is -0.715. The number of benzene rings is 1. The number of hydrogen-bond acceptors (Lipinski definition) is 5. The van der Waals surface area contributed by atoms with E-state index in [1.54, 1.807) is 6.07 Å². The van der Waals surface area contributed by atoms with Gasteiger partial charge in [0.2, 0.25) is 0 Å². The average Bonchev–Trinajstić information content (AvgIpc) is 2.55.